The summed E-state index contributed by atoms with van der Waals surface area (Å²) in [5, 5.41) is 14.5. The molecule has 3 aromatic heterocycles. The Morgan fingerprint density at radius 2 is 2.32 bits per heavy atom. The number of furan rings is 1. The first kappa shape index (κ1) is 17.7. The number of amides is 1. The summed E-state index contributed by atoms with van der Waals surface area (Å²) >= 11 is 2.78. The third kappa shape index (κ3) is 4.70. The third-order valence-electron chi connectivity index (χ3n) is 3.36. The van der Waals surface area contributed by atoms with E-state index < -0.39 is 0 Å². The quantitative estimate of drug-likeness (QED) is 0.606. The second-order valence-corrected chi connectivity index (χ2v) is 7.25. The number of hydrogen-bond donors (Lipinski definition) is 1. The molecular formula is C16H19N5O2S2. The van der Waals surface area contributed by atoms with Gasteiger partial charge in [-0.2, -0.15) is 0 Å². The molecule has 0 unspecified atom stereocenters. The van der Waals surface area contributed by atoms with Crippen LogP contribution in [0.2, 0.25) is 0 Å². The van der Waals surface area contributed by atoms with Crippen molar-refractivity contribution in [3.05, 3.63) is 41.1 Å². The van der Waals surface area contributed by atoms with Gasteiger partial charge in [0.2, 0.25) is 5.91 Å². The molecule has 7 nitrogen and oxygen atoms in total. The number of thioether (sulfide) groups is 1. The van der Waals surface area contributed by atoms with E-state index in [0.29, 0.717) is 16.8 Å². The number of nitrogens with one attached hydrogen (secondary N) is 1. The van der Waals surface area contributed by atoms with E-state index in [0.717, 1.165) is 30.1 Å². The van der Waals surface area contributed by atoms with Gasteiger partial charge in [0.1, 0.15) is 11.6 Å². The van der Waals surface area contributed by atoms with Crippen LogP contribution in [0.1, 0.15) is 30.6 Å². The van der Waals surface area contributed by atoms with E-state index in [2.05, 4.69) is 27.4 Å². The summed E-state index contributed by atoms with van der Waals surface area (Å²) in [7, 11) is 0. The fourth-order valence-electron chi connectivity index (χ4n) is 2.25. The number of rotatable bonds is 8. The number of thiazole rings is 1. The van der Waals surface area contributed by atoms with Gasteiger partial charge >= 0.3 is 0 Å². The van der Waals surface area contributed by atoms with E-state index in [1.165, 1.54) is 23.1 Å². The molecule has 0 aliphatic rings. The molecule has 0 aliphatic heterocycles. The second kappa shape index (κ2) is 8.30. The lowest BCUT2D eigenvalue weighted by Gasteiger charge is -2.08. The summed E-state index contributed by atoms with van der Waals surface area (Å²) in [5.74, 6) is 1.88. The van der Waals surface area contributed by atoms with Crippen LogP contribution >= 0.6 is 23.1 Å². The van der Waals surface area contributed by atoms with Crippen LogP contribution in [-0.4, -0.2) is 31.4 Å². The van der Waals surface area contributed by atoms with Gasteiger partial charge in [0.15, 0.2) is 10.3 Å². The van der Waals surface area contributed by atoms with E-state index in [4.69, 9.17) is 4.42 Å². The van der Waals surface area contributed by atoms with Crippen molar-refractivity contribution in [1.82, 2.24) is 19.7 Å². The Hall–Kier alpha value is -2.13. The lowest BCUT2D eigenvalue weighted by atomic mass is 10.3. The smallest absolute Gasteiger partial charge is 0.236 e. The number of aryl methyl sites for hydroxylation is 2. The van der Waals surface area contributed by atoms with Crippen molar-refractivity contribution in [2.24, 2.45) is 0 Å². The zero-order valence-electron chi connectivity index (χ0n) is 14.1. The average molecular weight is 377 g/mol. The van der Waals surface area contributed by atoms with Crippen LogP contribution in [0.5, 0.6) is 0 Å². The van der Waals surface area contributed by atoms with Crippen LogP contribution in [0.15, 0.2) is 33.3 Å². The summed E-state index contributed by atoms with van der Waals surface area (Å²) in [6.45, 7) is 4.56. The Morgan fingerprint density at radius 3 is 3.00 bits per heavy atom. The number of aromatic nitrogens is 4. The Morgan fingerprint density at radius 1 is 1.44 bits per heavy atom. The van der Waals surface area contributed by atoms with Gasteiger partial charge < -0.3 is 9.73 Å². The zero-order valence-corrected chi connectivity index (χ0v) is 15.7. The van der Waals surface area contributed by atoms with E-state index >= 15 is 0 Å². The predicted molar refractivity (Wildman–Crippen MR) is 98.0 cm³/mol. The number of hydrogen-bond acceptors (Lipinski definition) is 7. The molecule has 0 aliphatic carbocycles. The number of carbonyl (C=O) groups excluding carboxylic acids is 1. The molecule has 25 heavy (non-hydrogen) atoms. The van der Waals surface area contributed by atoms with Gasteiger partial charge in [0, 0.05) is 11.8 Å². The summed E-state index contributed by atoms with van der Waals surface area (Å²) in [4.78, 5) is 16.3. The monoisotopic (exact) mass is 377 g/mol. The molecule has 0 fully saturated rings. The molecule has 0 atom stereocenters. The maximum atomic E-state index is 12.1. The van der Waals surface area contributed by atoms with Gasteiger partial charge in [-0.25, -0.2) is 4.98 Å². The second-order valence-electron chi connectivity index (χ2n) is 5.45. The maximum Gasteiger partial charge on any atom is 0.236 e. The normalized spacial score (nSPS) is 11.0. The standard InChI is InChI=1S/C16H19N5O2S2/c1-3-5-13-19-20-16(21(13)8-12-6-4-7-23-12)25-10-14(22)18-15-17-11(2)9-24-15/h4,6-7,9H,3,5,8,10H2,1-2H3,(H,17,18,22). The largest absolute Gasteiger partial charge is 0.467 e. The maximum absolute atomic E-state index is 12.1. The molecule has 0 aromatic carbocycles. The molecule has 0 saturated carbocycles. The lowest BCUT2D eigenvalue weighted by Crippen LogP contribution is -2.15. The topological polar surface area (TPSA) is 85.8 Å². The zero-order chi connectivity index (χ0) is 17.6. The van der Waals surface area contributed by atoms with Crippen LogP contribution in [0.25, 0.3) is 0 Å². The van der Waals surface area contributed by atoms with Crippen molar-refractivity contribution in [1.29, 1.82) is 0 Å². The minimum absolute atomic E-state index is 0.107. The van der Waals surface area contributed by atoms with E-state index in [1.807, 2.05) is 29.0 Å². The molecule has 0 saturated heterocycles. The first-order valence-corrected chi connectivity index (χ1v) is 9.81. The van der Waals surface area contributed by atoms with Gasteiger partial charge in [0.25, 0.3) is 0 Å². The summed E-state index contributed by atoms with van der Waals surface area (Å²) < 4.78 is 7.44. The van der Waals surface area contributed by atoms with E-state index in [1.54, 1.807) is 6.26 Å². The highest BCUT2D eigenvalue weighted by Gasteiger charge is 2.15. The van der Waals surface area contributed by atoms with E-state index in [9.17, 15) is 4.79 Å². The molecule has 3 aromatic rings. The molecule has 1 N–H and O–H groups in total. The van der Waals surface area contributed by atoms with Crippen LogP contribution in [0.4, 0.5) is 5.13 Å². The van der Waals surface area contributed by atoms with Crippen molar-refractivity contribution < 1.29 is 9.21 Å². The minimum atomic E-state index is -0.107. The van der Waals surface area contributed by atoms with Crippen molar-refractivity contribution >= 4 is 34.1 Å². The highest BCUT2D eigenvalue weighted by Crippen LogP contribution is 2.21. The van der Waals surface area contributed by atoms with Gasteiger partial charge in [-0.15, -0.1) is 21.5 Å². The van der Waals surface area contributed by atoms with Crippen LogP contribution < -0.4 is 5.32 Å². The summed E-state index contributed by atoms with van der Waals surface area (Å²) in [6.07, 6.45) is 3.46. The Balaban J connectivity index is 1.65. The van der Waals surface area contributed by atoms with Gasteiger partial charge in [-0.3, -0.25) is 9.36 Å². The number of carbonyl (C=O) groups is 1. The van der Waals surface area contributed by atoms with Gasteiger partial charge in [0.05, 0.1) is 24.3 Å². The predicted octanol–water partition coefficient (Wildman–Crippen LogP) is 3.37. The van der Waals surface area contributed by atoms with Crippen molar-refractivity contribution in [2.45, 2.75) is 38.4 Å². The summed E-state index contributed by atoms with van der Waals surface area (Å²) in [6, 6.07) is 3.77. The van der Waals surface area contributed by atoms with Crippen LogP contribution in [-0.2, 0) is 17.8 Å². The van der Waals surface area contributed by atoms with Crippen molar-refractivity contribution in [3.63, 3.8) is 0 Å². The highest BCUT2D eigenvalue weighted by molar-refractivity contribution is 7.99. The molecule has 9 heteroatoms. The lowest BCUT2D eigenvalue weighted by molar-refractivity contribution is -0.113. The summed E-state index contributed by atoms with van der Waals surface area (Å²) in [5.41, 5.74) is 0.898. The number of nitrogens with zero attached hydrogens (tertiary/aromatic N) is 4. The highest BCUT2D eigenvalue weighted by atomic mass is 32.2. The van der Waals surface area contributed by atoms with Gasteiger partial charge in [-0.05, 0) is 25.5 Å². The molecule has 3 rings (SSSR count). The van der Waals surface area contributed by atoms with Crippen molar-refractivity contribution in [2.75, 3.05) is 11.1 Å². The molecule has 3 heterocycles. The molecule has 132 valence electrons. The average Bonchev–Trinajstić information content (AvgIpc) is 3.31. The Labute approximate surface area is 153 Å². The van der Waals surface area contributed by atoms with Gasteiger partial charge in [-0.1, -0.05) is 18.7 Å². The molecular weight excluding hydrogens is 358 g/mol. The first-order valence-electron chi connectivity index (χ1n) is 7.95. The SMILES string of the molecule is CCCc1nnc(SCC(=O)Nc2nc(C)cs2)n1Cc1ccco1. The molecule has 0 bridgehead atoms. The fourth-order valence-corrected chi connectivity index (χ4v) is 3.71. The minimum Gasteiger partial charge on any atom is -0.467 e. The van der Waals surface area contributed by atoms with Crippen LogP contribution in [0.3, 0.4) is 0 Å². The van der Waals surface area contributed by atoms with Crippen LogP contribution in [0, 0.1) is 6.92 Å². The third-order valence-corrected chi connectivity index (χ3v) is 5.20. The van der Waals surface area contributed by atoms with Crippen molar-refractivity contribution in [3.8, 4) is 0 Å². The first-order chi connectivity index (χ1) is 12.2. The molecule has 1 amide bonds. The number of anilines is 1. The Bertz CT molecular complexity index is 826. The molecule has 0 spiro atoms. The Kier molecular flexibility index (Phi) is 5.87. The molecule has 0 radical (unpaired) electrons. The van der Waals surface area contributed by atoms with E-state index in [-0.39, 0.29) is 11.7 Å². The fraction of sp³-hybridized carbons (Fsp3) is 0.375.